The fourth-order valence-electron chi connectivity index (χ4n) is 4.49. The van der Waals surface area contributed by atoms with Gasteiger partial charge in [-0.3, -0.25) is 14.8 Å². The fourth-order valence-corrected chi connectivity index (χ4v) is 4.49. The number of carbonyl (C=O) groups is 3. The third-order valence-electron chi connectivity index (χ3n) is 6.53. The first-order chi connectivity index (χ1) is 16.9. The summed E-state index contributed by atoms with van der Waals surface area (Å²) in [5.74, 6) is -3.15. The van der Waals surface area contributed by atoms with Gasteiger partial charge in [0.15, 0.2) is 0 Å². The highest BCUT2D eigenvalue weighted by molar-refractivity contribution is 5.89. The van der Waals surface area contributed by atoms with Crippen LogP contribution in [0.1, 0.15) is 48.8 Å². The molecule has 2 aromatic carbocycles. The van der Waals surface area contributed by atoms with Crippen LogP contribution in [0.2, 0.25) is 0 Å². The first-order valence-electron chi connectivity index (χ1n) is 12.1. The second-order valence-electron chi connectivity index (χ2n) is 9.16. The van der Waals surface area contributed by atoms with Crippen molar-refractivity contribution in [2.24, 2.45) is 11.8 Å². The molecule has 0 fully saturated rings. The summed E-state index contributed by atoms with van der Waals surface area (Å²) in [6, 6.07) is 14.1. The number of aliphatic carboxylic acids is 1. The maximum absolute atomic E-state index is 13.4. The standard InChI is InChI=1S/C27H34N2O6/c1-18-8-10-19(11-9-18)5-4-7-22-23(26(31)29-34)6-2-3-16-35-21-14-12-20(13-15-21)17-24(27(32)33)28-25(22)30/h8-15,22-24,34H,2-7,16-17H2,1H3,(H,28,30)(H,29,31)(H,32,33)/t22?,23-,24?/m0/s1. The molecule has 0 saturated heterocycles. The Balaban J connectivity index is 1.82. The molecule has 2 bridgehead atoms. The normalized spacial score (nSPS) is 21.2. The number of carboxylic acids is 1. The van der Waals surface area contributed by atoms with E-state index in [1.54, 1.807) is 29.7 Å². The Morgan fingerprint density at radius 3 is 2.46 bits per heavy atom. The maximum Gasteiger partial charge on any atom is 0.326 e. The molecule has 4 N–H and O–H groups in total. The Morgan fingerprint density at radius 1 is 1.09 bits per heavy atom. The lowest BCUT2D eigenvalue weighted by atomic mass is 9.82. The number of hydrogen-bond donors (Lipinski definition) is 4. The van der Waals surface area contributed by atoms with E-state index in [0.29, 0.717) is 44.5 Å². The van der Waals surface area contributed by atoms with Crippen molar-refractivity contribution in [3.8, 4) is 5.75 Å². The molecule has 2 aromatic rings. The van der Waals surface area contributed by atoms with Crippen molar-refractivity contribution < 1.29 is 29.4 Å². The van der Waals surface area contributed by atoms with Crippen LogP contribution in [0.3, 0.4) is 0 Å². The summed E-state index contributed by atoms with van der Waals surface area (Å²) in [6.07, 6.45) is 3.50. The molecular weight excluding hydrogens is 448 g/mol. The van der Waals surface area contributed by atoms with Crippen molar-refractivity contribution in [2.45, 2.75) is 57.9 Å². The number of nitrogens with one attached hydrogen (secondary N) is 2. The lowest BCUT2D eigenvalue weighted by Crippen LogP contribution is -2.48. The molecule has 2 aliphatic rings. The van der Waals surface area contributed by atoms with Gasteiger partial charge < -0.3 is 15.2 Å². The average molecular weight is 483 g/mol. The zero-order valence-corrected chi connectivity index (χ0v) is 20.0. The third-order valence-corrected chi connectivity index (χ3v) is 6.53. The number of hydroxylamine groups is 1. The van der Waals surface area contributed by atoms with Crippen LogP contribution in [0, 0.1) is 18.8 Å². The zero-order chi connectivity index (χ0) is 25.2. The monoisotopic (exact) mass is 482 g/mol. The molecule has 2 amide bonds. The molecular formula is C27H34N2O6. The molecule has 8 nitrogen and oxygen atoms in total. The van der Waals surface area contributed by atoms with Gasteiger partial charge in [-0.1, -0.05) is 42.0 Å². The number of amides is 2. The molecule has 0 aliphatic carbocycles. The van der Waals surface area contributed by atoms with E-state index in [4.69, 9.17) is 4.74 Å². The Bertz CT molecular complexity index is 990. The second-order valence-corrected chi connectivity index (χ2v) is 9.16. The second kappa shape index (κ2) is 12.9. The molecule has 2 heterocycles. The summed E-state index contributed by atoms with van der Waals surface area (Å²) < 4.78 is 5.75. The molecule has 2 unspecified atom stereocenters. The summed E-state index contributed by atoms with van der Waals surface area (Å²) in [5, 5.41) is 21.8. The largest absolute Gasteiger partial charge is 0.494 e. The van der Waals surface area contributed by atoms with Gasteiger partial charge in [0, 0.05) is 12.3 Å². The molecule has 188 valence electrons. The zero-order valence-electron chi connectivity index (χ0n) is 20.0. The van der Waals surface area contributed by atoms with E-state index < -0.39 is 35.7 Å². The van der Waals surface area contributed by atoms with Crippen molar-refractivity contribution in [3.05, 3.63) is 65.2 Å². The molecule has 0 radical (unpaired) electrons. The van der Waals surface area contributed by atoms with Gasteiger partial charge in [0.2, 0.25) is 11.8 Å². The van der Waals surface area contributed by atoms with Gasteiger partial charge in [-0.05, 0) is 68.7 Å². The Hall–Kier alpha value is -3.39. The van der Waals surface area contributed by atoms with Gasteiger partial charge in [-0.25, -0.2) is 10.3 Å². The molecule has 2 aliphatic heterocycles. The van der Waals surface area contributed by atoms with Gasteiger partial charge in [0.25, 0.3) is 0 Å². The first-order valence-corrected chi connectivity index (χ1v) is 12.1. The van der Waals surface area contributed by atoms with Gasteiger partial charge in [-0.15, -0.1) is 0 Å². The molecule has 0 saturated carbocycles. The Morgan fingerprint density at radius 2 is 1.80 bits per heavy atom. The highest BCUT2D eigenvalue weighted by atomic mass is 16.5. The van der Waals surface area contributed by atoms with Crippen molar-refractivity contribution in [2.75, 3.05) is 6.61 Å². The van der Waals surface area contributed by atoms with Gasteiger partial charge >= 0.3 is 5.97 Å². The average Bonchev–Trinajstić information content (AvgIpc) is 2.86. The van der Waals surface area contributed by atoms with Gasteiger partial charge in [0.05, 0.1) is 12.5 Å². The van der Waals surface area contributed by atoms with Crippen molar-refractivity contribution in [1.82, 2.24) is 10.8 Å². The molecule has 4 rings (SSSR count). The SMILES string of the molecule is Cc1ccc(CCCC2C(=O)NC(C(=O)O)Cc3ccc(cc3)OCCCC[C@@H]2C(=O)NO)cc1. The summed E-state index contributed by atoms with van der Waals surface area (Å²) in [4.78, 5) is 37.9. The van der Waals surface area contributed by atoms with E-state index in [0.717, 1.165) is 23.1 Å². The summed E-state index contributed by atoms with van der Waals surface area (Å²) in [7, 11) is 0. The number of ether oxygens (including phenoxy) is 1. The van der Waals surface area contributed by atoms with E-state index in [9.17, 15) is 24.7 Å². The molecule has 8 heteroatoms. The summed E-state index contributed by atoms with van der Waals surface area (Å²) >= 11 is 0. The lowest BCUT2D eigenvalue weighted by molar-refractivity contribution is -0.144. The Labute approximate surface area is 205 Å². The number of aryl methyl sites for hydroxylation is 2. The molecule has 35 heavy (non-hydrogen) atoms. The number of carboxylic acid groups (broad SMARTS) is 1. The number of rotatable bonds is 6. The number of hydrogen-bond acceptors (Lipinski definition) is 5. The minimum atomic E-state index is -1.15. The molecule has 3 atom stereocenters. The number of fused-ring (bicyclic) bond motifs is 12. The fraction of sp³-hybridized carbons (Fsp3) is 0.444. The van der Waals surface area contributed by atoms with E-state index >= 15 is 0 Å². The number of benzene rings is 2. The van der Waals surface area contributed by atoms with Crippen molar-refractivity contribution >= 4 is 17.8 Å². The first kappa shape index (κ1) is 26.2. The molecule has 0 spiro atoms. The van der Waals surface area contributed by atoms with E-state index in [-0.39, 0.29) is 6.42 Å². The van der Waals surface area contributed by atoms with Crippen LogP contribution in [0.25, 0.3) is 0 Å². The maximum atomic E-state index is 13.4. The van der Waals surface area contributed by atoms with E-state index in [2.05, 4.69) is 5.32 Å². The van der Waals surface area contributed by atoms with Crippen LogP contribution in [-0.4, -0.2) is 40.7 Å². The van der Waals surface area contributed by atoms with Gasteiger partial charge in [0.1, 0.15) is 11.8 Å². The van der Waals surface area contributed by atoms with Crippen LogP contribution >= 0.6 is 0 Å². The highest BCUT2D eigenvalue weighted by Gasteiger charge is 2.35. The van der Waals surface area contributed by atoms with Crippen molar-refractivity contribution in [3.63, 3.8) is 0 Å². The Kier molecular flexibility index (Phi) is 9.66. The highest BCUT2D eigenvalue weighted by Crippen LogP contribution is 2.26. The minimum Gasteiger partial charge on any atom is -0.494 e. The van der Waals surface area contributed by atoms with E-state index in [1.807, 2.05) is 31.2 Å². The predicted octanol–water partition coefficient (Wildman–Crippen LogP) is 3.43. The third kappa shape index (κ3) is 7.82. The van der Waals surface area contributed by atoms with E-state index in [1.165, 1.54) is 0 Å². The topological polar surface area (TPSA) is 125 Å². The smallest absolute Gasteiger partial charge is 0.326 e. The number of carbonyl (C=O) groups excluding carboxylic acids is 2. The van der Waals surface area contributed by atoms with Crippen molar-refractivity contribution in [1.29, 1.82) is 0 Å². The van der Waals surface area contributed by atoms with Crippen LogP contribution in [0.5, 0.6) is 5.75 Å². The predicted molar refractivity (Wildman–Crippen MR) is 130 cm³/mol. The van der Waals surface area contributed by atoms with Crippen LogP contribution in [-0.2, 0) is 27.2 Å². The van der Waals surface area contributed by atoms with Crippen LogP contribution in [0.15, 0.2) is 48.5 Å². The summed E-state index contributed by atoms with van der Waals surface area (Å²) in [5.41, 5.74) is 4.74. The van der Waals surface area contributed by atoms with Gasteiger partial charge in [-0.2, -0.15) is 0 Å². The van der Waals surface area contributed by atoms with Crippen LogP contribution < -0.4 is 15.5 Å². The quantitative estimate of drug-likeness (QED) is 0.369. The lowest BCUT2D eigenvalue weighted by Gasteiger charge is -2.26. The van der Waals surface area contributed by atoms with Crippen LogP contribution in [0.4, 0.5) is 0 Å². The minimum absolute atomic E-state index is 0.105. The molecule has 0 aromatic heterocycles. The summed E-state index contributed by atoms with van der Waals surface area (Å²) in [6.45, 7) is 2.47.